The summed E-state index contributed by atoms with van der Waals surface area (Å²) in [6.45, 7) is 4.76. The van der Waals surface area contributed by atoms with E-state index >= 15 is 0 Å². The second-order valence-corrected chi connectivity index (χ2v) is 6.18. The number of nitrogens with zero attached hydrogens (tertiary/aromatic N) is 2. The molecular formula is C15H16BrFN2O2. The number of carboxylic acid groups (broad SMARTS) is 1. The molecule has 21 heavy (non-hydrogen) atoms. The second kappa shape index (κ2) is 6.39. The minimum atomic E-state index is -1.11. The van der Waals surface area contributed by atoms with Crippen molar-refractivity contribution in [2.75, 3.05) is 0 Å². The Morgan fingerprint density at radius 1 is 1.48 bits per heavy atom. The summed E-state index contributed by atoms with van der Waals surface area (Å²) in [7, 11) is 0. The van der Waals surface area contributed by atoms with E-state index in [2.05, 4.69) is 34.9 Å². The molecule has 0 aliphatic rings. The number of aryl methyl sites for hydroxylation is 1. The molecule has 0 aliphatic carbocycles. The Balaban J connectivity index is 2.46. The number of rotatable bonds is 5. The lowest BCUT2D eigenvalue weighted by molar-refractivity contribution is 0.0697. The van der Waals surface area contributed by atoms with Crippen molar-refractivity contribution in [1.29, 1.82) is 0 Å². The standard InChI is InChI=1S/C15H16BrFN2O2/c1-9(2)5-6-19-8-12(15(20)21)14(18-19)11-7-10(16)3-4-13(11)17/h3-4,7-9H,5-6H2,1-2H3,(H,20,21). The Morgan fingerprint density at radius 3 is 2.81 bits per heavy atom. The van der Waals surface area contributed by atoms with Crippen molar-refractivity contribution in [3.05, 3.63) is 40.2 Å². The number of carboxylic acids is 1. The van der Waals surface area contributed by atoms with E-state index in [4.69, 9.17) is 0 Å². The average Bonchev–Trinajstić information content (AvgIpc) is 2.83. The van der Waals surface area contributed by atoms with Crippen LogP contribution >= 0.6 is 15.9 Å². The van der Waals surface area contributed by atoms with Gasteiger partial charge in [-0.25, -0.2) is 9.18 Å². The third-order valence-corrected chi connectivity index (χ3v) is 3.60. The third-order valence-electron chi connectivity index (χ3n) is 3.11. The highest BCUT2D eigenvalue weighted by molar-refractivity contribution is 9.10. The Morgan fingerprint density at radius 2 is 2.19 bits per heavy atom. The minimum Gasteiger partial charge on any atom is -0.478 e. The van der Waals surface area contributed by atoms with Crippen molar-refractivity contribution in [3.8, 4) is 11.3 Å². The number of benzene rings is 1. The van der Waals surface area contributed by atoms with E-state index in [0.717, 1.165) is 6.42 Å². The predicted molar refractivity (Wildman–Crippen MR) is 81.7 cm³/mol. The van der Waals surface area contributed by atoms with Gasteiger partial charge in [-0.15, -0.1) is 0 Å². The van der Waals surface area contributed by atoms with Crippen molar-refractivity contribution < 1.29 is 14.3 Å². The Labute approximate surface area is 130 Å². The number of carbonyl (C=O) groups is 1. The molecule has 112 valence electrons. The van der Waals surface area contributed by atoms with Gasteiger partial charge in [-0.2, -0.15) is 5.10 Å². The van der Waals surface area contributed by atoms with Gasteiger partial charge in [0.05, 0.1) is 0 Å². The first-order valence-electron chi connectivity index (χ1n) is 6.64. The number of hydrogen-bond donors (Lipinski definition) is 1. The molecule has 0 aliphatic heterocycles. The van der Waals surface area contributed by atoms with Gasteiger partial charge >= 0.3 is 5.97 Å². The van der Waals surface area contributed by atoms with E-state index in [9.17, 15) is 14.3 Å². The summed E-state index contributed by atoms with van der Waals surface area (Å²) >= 11 is 3.26. The summed E-state index contributed by atoms with van der Waals surface area (Å²) < 4.78 is 16.2. The van der Waals surface area contributed by atoms with Gasteiger partial charge < -0.3 is 5.11 Å². The third kappa shape index (κ3) is 3.69. The molecule has 6 heteroatoms. The van der Waals surface area contributed by atoms with Crippen molar-refractivity contribution in [1.82, 2.24) is 9.78 Å². The van der Waals surface area contributed by atoms with Gasteiger partial charge in [0.15, 0.2) is 0 Å². The number of halogens is 2. The largest absolute Gasteiger partial charge is 0.478 e. The molecule has 2 aromatic rings. The number of hydrogen-bond acceptors (Lipinski definition) is 2. The van der Waals surface area contributed by atoms with E-state index in [1.165, 1.54) is 18.3 Å². The predicted octanol–water partition coefficient (Wildman–Crippen LogP) is 4.20. The highest BCUT2D eigenvalue weighted by atomic mass is 79.9. The van der Waals surface area contributed by atoms with E-state index in [1.54, 1.807) is 10.7 Å². The first-order chi connectivity index (χ1) is 9.88. The maximum atomic E-state index is 14.0. The molecule has 0 radical (unpaired) electrons. The first kappa shape index (κ1) is 15.7. The summed E-state index contributed by atoms with van der Waals surface area (Å²) in [6, 6.07) is 4.39. The summed E-state index contributed by atoms with van der Waals surface area (Å²) in [4.78, 5) is 11.4. The zero-order chi connectivity index (χ0) is 15.6. The zero-order valence-corrected chi connectivity index (χ0v) is 13.4. The van der Waals surface area contributed by atoms with Crippen molar-refractivity contribution in [2.45, 2.75) is 26.8 Å². The molecule has 0 atom stereocenters. The van der Waals surface area contributed by atoms with Crippen LogP contribution < -0.4 is 0 Å². The average molecular weight is 355 g/mol. The minimum absolute atomic E-state index is 0.00996. The van der Waals surface area contributed by atoms with Crippen LogP contribution in [-0.4, -0.2) is 20.9 Å². The lowest BCUT2D eigenvalue weighted by Crippen LogP contribution is -2.02. The van der Waals surface area contributed by atoms with Crippen LogP contribution in [0.1, 0.15) is 30.6 Å². The molecule has 0 amide bonds. The topological polar surface area (TPSA) is 55.1 Å². The highest BCUT2D eigenvalue weighted by Crippen LogP contribution is 2.28. The Kier molecular flexibility index (Phi) is 4.77. The molecule has 1 N–H and O–H groups in total. The molecule has 0 unspecified atom stereocenters. The lowest BCUT2D eigenvalue weighted by atomic mass is 10.1. The Bertz CT molecular complexity index is 668. The van der Waals surface area contributed by atoms with Crippen molar-refractivity contribution in [2.24, 2.45) is 5.92 Å². The molecule has 0 bridgehead atoms. The molecule has 0 spiro atoms. The number of aromatic nitrogens is 2. The van der Waals surface area contributed by atoms with Crippen molar-refractivity contribution >= 4 is 21.9 Å². The van der Waals surface area contributed by atoms with Gasteiger partial charge in [0.2, 0.25) is 0 Å². The van der Waals surface area contributed by atoms with Gasteiger partial charge in [-0.3, -0.25) is 4.68 Å². The summed E-state index contributed by atoms with van der Waals surface area (Å²) in [6.07, 6.45) is 2.33. The molecule has 0 saturated carbocycles. The van der Waals surface area contributed by atoms with Crippen LogP contribution in [0.4, 0.5) is 4.39 Å². The quantitative estimate of drug-likeness (QED) is 0.875. The fraction of sp³-hybridized carbons (Fsp3) is 0.333. The summed E-state index contributed by atoms with van der Waals surface area (Å²) in [5.41, 5.74) is 0.353. The fourth-order valence-corrected chi connectivity index (χ4v) is 2.32. The van der Waals surface area contributed by atoms with E-state index in [0.29, 0.717) is 16.9 Å². The molecule has 1 aromatic heterocycles. The molecular weight excluding hydrogens is 339 g/mol. The smallest absolute Gasteiger partial charge is 0.339 e. The summed E-state index contributed by atoms with van der Waals surface area (Å²) in [5.74, 6) is -1.12. The maximum Gasteiger partial charge on any atom is 0.339 e. The van der Waals surface area contributed by atoms with Gasteiger partial charge in [-0.05, 0) is 30.5 Å². The van der Waals surface area contributed by atoms with Gasteiger partial charge in [0, 0.05) is 22.8 Å². The second-order valence-electron chi connectivity index (χ2n) is 5.27. The molecule has 0 saturated heterocycles. The molecule has 4 nitrogen and oxygen atoms in total. The zero-order valence-electron chi connectivity index (χ0n) is 11.8. The van der Waals surface area contributed by atoms with Crippen LogP contribution in [0, 0.1) is 11.7 Å². The lowest BCUT2D eigenvalue weighted by Gasteiger charge is -2.04. The normalized spacial score (nSPS) is 11.1. The molecule has 1 heterocycles. The molecule has 2 rings (SSSR count). The van der Waals surface area contributed by atoms with Crippen LogP contribution in [0.3, 0.4) is 0 Å². The summed E-state index contributed by atoms with van der Waals surface area (Å²) in [5, 5.41) is 13.5. The van der Waals surface area contributed by atoms with Gasteiger partial charge in [0.25, 0.3) is 0 Å². The monoisotopic (exact) mass is 354 g/mol. The number of aromatic carboxylic acids is 1. The maximum absolute atomic E-state index is 14.0. The van der Waals surface area contributed by atoms with Crippen molar-refractivity contribution in [3.63, 3.8) is 0 Å². The van der Waals surface area contributed by atoms with Crippen LogP contribution in [0.5, 0.6) is 0 Å². The first-order valence-corrected chi connectivity index (χ1v) is 7.44. The van der Waals surface area contributed by atoms with Crippen LogP contribution in [-0.2, 0) is 6.54 Å². The molecule has 0 fully saturated rings. The highest BCUT2D eigenvalue weighted by Gasteiger charge is 2.20. The van der Waals surface area contributed by atoms with Gasteiger partial charge in [0.1, 0.15) is 17.1 Å². The SMILES string of the molecule is CC(C)CCn1cc(C(=O)O)c(-c2cc(Br)ccc2F)n1. The fourth-order valence-electron chi connectivity index (χ4n) is 1.96. The van der Waals surface area contributed by atoms with Crippen LogP contribution in [0.15, 0.2) is 28.9 Å². The Hall–Kier alpha value is -1.69. The van der Waals surface area contributed by atoms with E-state index in [1.807, 2.05) is 0 Å². The van der Waals surface area contributed by atoms with E-state index < -0.39 is 11.8 Å². The van der Waals surface area contributed by atoms with Gasteiger partial charge in [-0.1, -0.05) is 29.8 Å². The van der Waals surface area contributed by atoms with Crippen LogP contribution in [0.2, 0.25) is 0 Å². The van der Waals surface area contributed by atoms with Crippen LogP contribution in [0.25, 0.3) is 11.3 Å². The van der Waals surface area contributed by atoms with E-state index in [-0.39, 0.29) is 16.8 Å². The molecule has 1 aromatic carbocycles.